The molecule has 2 heterocycles. The van der Waals surface area contributed by atoms with Crippen molar-refractivity contribution in [1.82, 2.24) is 9.55 Å². The maximum Gasteiger partial charge on any atom is 0.190 e. The van der Waals surface area contributed by atoms with Crippen molar-refractivity contribution >= 4 is 17.0 Å². The van der Waals surface area contributed by atoms with Crippen LogP contribution in [-0.4, -0.2) is 9.55 Å². The van der Waals surface area contributed by atoms with Crippen molar-refractivity contribution in [3.8, 4) is 11.3 Å². The lowest BCUT2D eigenvalue weighted by molar-refractivity contribution is 0.621. The van der Waals surface area contributed by atoms with Gasteiger partial charge >= 0.3 is 0 Å². The SMILES string of the molecule is CCCCn1c(-c2ccc(F)cc2)csc1=Nc1cccnc1. The molecule has 0 radical (unpaired) electrons. The Morgan fingerprint density at radius 1 is 1.22 bits per heavy atom. The first kappa shape index (κ1) is 15.6. The van der Waals surface area contributed by atoms with Gasteiger partial charge in [-0.15, -0.1) is 11.3 Å². The van der Waals surface area contributed by atoms with E-state index in [1.807, 2.05) is 24.3 Å². The molecule has 2 aromatic heterocycles. The predicted molar refractivity (Wildman–Crippen MR) is 92.1 cm³/mol. The van der Waals surface area contributed by atoms with Crippen LogP contribution in [0.15, 0.2) is 59.2 Å². The molecular weight excluding hydrogens is 309 g/mol. The van der Waals surface area contributed by atoms with E-state index in [-0.39, 0.29) is 5.82 Å². The Bertz CT molecular complexity index is 819. The van der Waals surface area contributed by atoms with Crippen LogP contribution in [0.2, 0.25) is 0 Å². The van der Waals surface area contributed by atoms with Crippen molar-refractivity contribution < 1.29 is 4.39 Å². The molecule has 0 aliphatic rings. The van der Waals surface area contributed by atoms with Crippen molar-refractivity contribution in [2.75, 3.05) is 0 Å². The van der Waals surface area contributed by atoms with Crippen LogP contribution in [0.4, 0.5) is 10.1 Å². The minimum atomic E-state index is -0.218. The highest BCUT2D eigenvalue weighted by molar-refractivity contribution is 7.07. The molecular formula is C18H18FN3S. The third-order valence-corrected chi connectivity index (χ3v) is 4.41. The molecule has 0 saturated heterocycles. The fraction of sp³-hybridized carbons (Fsp3) is 0.222. The Morgan fingerprint density at radius 2 is 2.04 bits per heavy atom. The van der Waals surface area contributed by atoms with Crippen LogP contribution in [0, 0.1) is 5.82 Å². The summed E-state index contributed by atoms with van der Waals surface area (Å²) < 4.78 is 15.4. The molecule has 0 aliphatic heterocycles. The monoisotopic (exact) mass is 327 g/mol. The zero-order chi connectivity index (χ0) is 16.1. The summed E-state index contributed by atoms with van der Waals surface area (Å²) in [7, 11) is 0. The molecule has 3 nitrogen and oxygen atoms in total. The van der Waals surface area contributed by atoms with Crippen molar-refractivity contribution in [2.24, 2.45) is 4.99 Å². The highest BCUT2D eigenvalue weighted by Crippen LogP contribution is 2.21. The van der Waals surface area contributed by atoms with Gasteiger partial charge in [-0.25, -0.2) is 9.38 Å². The average molecular weight is 327 g/mol. The smallest absolute Gasteiger partial charge is 0.190 e. The van der Waals surface area contributed by atoms with Gasteiger partial charge in [-0.3, -0.25) is 4.98 Å². The van der Waals surface area contributed by atoms with E-state index in [0.29, 0.717) is 0 Å². The first-order valence-corrected chi connectivity index (χ1v) is 8.55. The predicted octanol–water partition coefficient (Wildman–Crippen LogP) is 4.78. The summed E-state index contributed by atoms with van der Waals surface area (Å²) in [6.45, 7) is 3.06. The third kappa shape index (κ3) is 3.74. The Morgan fingerprint density at radius 3 is 2.74 bits per heavy atom. The number of thiazole rings is 1. The quantitative estimate of drug-likeness (QED) is 0.663. The fourth-order valence-corrected chi connectivity index (χ4v) is 3.29. The lowest BCUT2D eigenvalue weighted by Gasteiger charge is -2.08. The number of aromatic nitrogens is 2. The van der Waals surface area contributed by atoms with Crippen LogP contribution in [0.25, 0.3) is 11.3 Å². The van der Waals surface area contributed by atoms with Crippen LogP contribution in [0.1, 0.15) is 19.8 Å². The van der Waals surface area contributed by atoms with E-state index in [1.165, 1.54) is 12.1 Å². The molecule has 0 saturated carbocycles. The van der Waals surface area contributed by atoms with Crippen LogP contribution < -0.4 is 4.80 Å². The van der Waals surface area contributed by atoms with Gasteiger partial charge in [-0.05, 0) is 48.4 Å². The van der Waals surface area contributed by atoms with Crippen molar-refractivity contribution in [1.29, 1.82) is 0 Å². The van der Waals surface area contributed by atoms with Gasteiger partial charge in [0.05, 0.1) is 17.6 Å². The Kier molecular flexibility index (Phi) is 4.98. The number of unbranched alkanes of at least 4 members (excludes halogenated alkanes) is 1. The maximum atomic E-state index is 13.2. The topological polar surface area (TPSA) is 30.2 Å². The molecule has 0 unspecified atom stereocenters. The second-order valence-electron chi connectivity index (χ2n) is 5.24. The van der Waals surface area contributed by atoms with Gasteiger partial charge in [-0.2, -0.15) is 0 Å². The Balaban J connectivity index is 2.07. The second-order valence-corrected chi connectivity index (χ2v) is 6.08. The normalized spacial score (nSPS) is 11.8. The van der Waals surface area contributed by atoms with Crippen LogP contribution in [0.5, 0.6) is 0 Å². The molecule has 5 heteroatoms. The number of halogens is 1. The number of rotatable bonds is 5. The maximum absolute atomic E-state index is 13.2. The number of hydrogen-bond acceptors (Lipinski definition) is 3. The van der Waals surface area contributed by atoms with Gasteiger partial charge in [0.1, 0.15) is 5.82 Å². The summed E-state index contributed by atoms with van der Waals surface area (Å²) in [5, 5.41) is 2.08. The first-order valence-electron chi connectivity index (χ1n) is 7.67. The number of benzene rings is 1. The molecule has 0 bridgehead atoms. The minimum Gasteiger partial charge on any atom is -0.316 e. The summed E-state index contributed by atoms with van der Waals surface area (Å²) in [6.07, 6.45) is 5.67. The van der Waals surface area contributed by atoms with Gasteiger partial charge in [0.15, 0.2) is 4.80 Å². The molecule has 0 atom stereocenters. The fourth-order valence-electron chi connectivity index (χ4n) is 2.33. The molecule has 23 heavy (non-hydrogen) atoms. The largest absolute Gasteiger partial charge is 0.316 e. The Hall–Kier alpha value is -2.27. The van der Waals surface area contributed by atoms with Gasteiger partial charge in [0, 0.05) is 18.1 Å². The third-order valence-electron chi connectivity index (χ3n) is 3.54. The van der Waals surface area contributed by atoms with E-state index in [1.54, 1.807) is 23.7 Å². The standard InChI is InChI=1S/C18H18FN3S/c1-2-3-11-22-17(14-6-8-15(19)9-7-14)13-23-18(22)21-16-5-4-10-20-12-16/h4-10,12-13H,2-3,11H2,1H3. The van der Waals surface area contributed by atoms with Gasteiger partial charge in [0.2, 0.25) is 0 Å². The number of hydrogen-bond donors (Lipinski definition) is 0. The number of nitrogens with zero attached hydrogens (tertiary/aromatic N) is 3. The van der Waals surface area contributed by atoms with Gasteiger partial charge < -0.3 is 4.57 Å². The second kappa shape index (κ2) is 7.33. The van der Waals surface area contributed by atoms with Crippen LogP contribution in [-0.2, 0) is 6.54 Å². The first-order chi connectivity index (χ1) is 11.3. The lowest BCUT2D eigenvalue weighted by Crippen LogP contribution is -2.15. The molecule has 0 spiro atoms. The molecule has 1 aromatic carbocycles. The van der Waals surface area contributed by atoms with E-state index in [4.69, 9.17) is 4.99 Å². The average Bonchev–Trinajstić information content (AvgIpc) is 2.97. The molecule has 3 rings (SSSR count). The zero-order valence-electron chi connectivity index (χ0n) is 12.9. The number of pyridine rings is 1. The highest BCUT2D eigenvalue weighted by atomic mass is 32.1. The summed E-state index contributed by atoms with van der Waals surface area (Å²) in [4.78, 5) is 9.75. The molecule has 0 amide bonds. The van der Waals surface area contributed by atoms with E-state index in [2.05, 4.69) is 21.9 Å². The highest BCUT2D eigenvalue weighted by Gasteiger charge is 2.08. The van der Waals surface area contributed by atoms with Crippen molar-refractivity contribution in [3.63, 3.8) is 0 Å². The lowest BCUT2D eigenvalue weighted by atomic mass is 10.1. The van der Waals surface area contributed by atoms with E-state index < -0.39 is 0 Å². The van der Waals surface area contributed by atoms with Gasteiger partial charge in [-0.1, -0.05) is 13.3 Å². The zero-order valence-corrected chi connectivity index (χ0v) is 13.8. The Labute approximate surface area is 138 Å². The summed E-state index contributed by atoms with van der Waals surface area (Å²) in [5.74, 6) is -0.218. The van der Waals surface area contributed by atoms with E-state index in [9.17, 15) is 4.39 Å². The van der Waals surface area contributed by atoms with Crippen molar-refractivity contribution in [2.45, 2.75) is 26.3 Å². The minimum absolute atomic E-state index is 0.218. The molecule has 118 valence electrons. The van der Waals surface area contributed by atoms with Crippen molar-refractivity contribution in [3.05, 3.63) is 64.8 Å². The van der Waals surface area contributed by atoms with Crippen LogP contribution >= 0.6 is 11.3 Å². The molecule has 0 N–H and O–H groups in total. The summed E-state index contributed by atoms with van der Waals surface area (Å²) in [6, 6.07) is 10.4. The summed E-state index contributed by atoms with van der Waals surface area (Å²) in [5.41, 5.74) is 2.92. The molecule has 0 aliphatic carbocycles. The summed E-state index contributed by atoms with van der Waals surface area (Å²) >= 11 is 1.60. The molecule has 3 aromatic rings. The van der Waals surface area contributed by atoms with Crippen LogP contribution in [0.3, 0.4) is 0 Å². The van der Waals surface area contributed by atoms with E-state index in [0.717, 1.165) is 41.1 Å². The van der Waals surface area contributed by atoms with E-state index >= 15 is 0 Å². The molecule has 0 fully saturated rings. The van der Waals surface area contributed by atoms with Gasteiger partial charge in [0.25, 0.3) is 0 Å².